The van der Waals surface area contributed by atoms with Crippen LogP contribution in [0.4, 0.5) is 4.79 Å². The molecule has 2 aliphatic rings. The Labute approximate surface area is 192 Å². The first-order chi connectivity index (χ1) is 16.0. The van der Waals surface area contributed by atoms with Gasteiger partial charge in [0.2, 0.25) is 12.3 Å². The molecule has 3 N–H and O–H groups in total. The van der Waals surface area contributed by atoms with Gasteiger partial charge in [0, 0.05) is 19.3 Å². The fourth-order valence-electron chi connectivity index (χ4n) is 4.73. The number of nitrogens with zero attached hydrogens (tertiary/aromatic N) is 4. The van der Waals surface area contributed by atoms with E-state index in [4.69, 9.17) is 0 Å². The SMILES string of the molecule is O=CN(O)C[C@@H](CC1CCCC1)C(=O)N1CCC[C@H]1C(=O)NC(=O)NCCc1ccnnc1. The van der Waals surface area contributed by atoms with E-state index in [0.717, 1.165) is 31.2 Å². The Hall–Kier alpha value is -3.08. The van der Waals surface area contributed by atoms with Gasteiger partial charge in [-0.25, -0.2) is 9.86 Å². The zero-order valence-electron chi connectivity index (χ0n) is 18.7. The summed E-state index contributed by atoms with van der Waals surface area (Å²) in [4.78, 5) is 50.6. The molecule has 5 amide bonds. The van der Waals surface area contributed by atoms with Gasteiger partial charge in [0.05, 0.1) is 18.7 Å². The average molecular weight is 461 g/mol. The van der Waals surface area contributed by atoms with Crippen LogP contribution in [0, 0.1) is 11.8 Å². The molecule has 0 spiro atoms. The highest BCUT2D eigenvalue weighted by Crippen LogP contribution is 2.32. The van der Waals surface area contributed by atoms with E-state index in [1.54, 1.807) is 18.5 Å². The van der Waals surface area contributed by atoms with Crippen LogP contribution in [0.2, 0.25) is 0 Å². The van der Waals surface area contributed by atoms with Crippen molar-refractivity contribution in [2.45, 2.75) is 57.4 Å². The van der Waals surface area contributed by atoms with Crippen molar-refractivity contribution < 1.29 is 24.4 Å². The van der Waals surface area contributed by atoms with Crippen molar-refractivity contribution in [1.29, 1.82) is 0 Å². The molecule has 0 bridgehead atoms. The summed E-state index contributed by atoms with van der Waals surface area (Å²) in [6.45, 7) is 0.620. The van der Waals surface area contributed by atoms with Crippen LogP contribution in [0.25, 0.3) is 0 Å². The normalized spacial score (nSPS) is 19.2. The molecule has 11 heteroatoms. The van der Waals surface area contributed by atoms with E-state index in [-0.39, 0.29) is 18.9 Å². The zero-order chi connectivity index (χ0) is 23.6. The highest BCUT2D eigenvalue weighted by Gasteiger charge is 2.39. The number of hydrogen-bond acceptors (Lipinski definition) is 7. The second kappa shape index (κ2) is 12.2. The number of nitrogens with one attached hydrogen (secondary N) is 2. The van der Waals surface area contributed by atoms with E-state index in [1.165, 1.54) is 4.90 Å². The number of amides is 5. The van der Waals surface area contributed by atoms with Crippen molar-refractivity contribution in [2.75, 3.05) is 19.6 Å². The number of imide groups is 1. The predicted molar refractivity (Wildman–Crippen MR) is 117 cm³/mol. The van der Waals surface area contributed by atoms with Crippen LogP contribution >= 0.6 is 0 Å². The largest absolute Gasteiger partial charge is 0.337 e. The van der Waals surface area contributed by atoms with Crippen LogP contribution in [0.1, 0.15) is 50.5 Å². The van der Waals surface area contributed by atoms with Gasteiger partial charge in [-0.3, -0.25) is 24.9 Å². The fraction of sp³-hybridized carbons (Fsp3) is 0.636. The molecule has 180 valence electrons. The van der Waals surface area contributed by atoms with Crippen molar-refractivity contribution in [3.8, 4) is 0 Å². The summed E-state index contributed by atoms with van der Waals surface area (Å²) in [6, 6.07) is 0.424. The Bertz CT molecular complexity index is 817. The number of carbonyl (C=O) groups is 4. The molecule has 1 saturated carbocycles. The van der Waals surface area contributed by atoms with Gasteiger partial charge in [0.15, 0.2) is 0 Å². The van der Waals surface area contributed by atoms with E-state index in [2.05, 4.69) is 20.8 Å². The second-order valence-corrected chi connectivity index (χ2v) is 8.75. The highest BCUT2D eigenvalue weighted by atomic mass is 16.5. The summed E-state index contributed by atoms with van der Waals surface area (Å²) < 4.78 is 0. The smallest absolute Gasteiger partial charge is 0.321 e. The maximum atomic E-state index is 13.3. The maximum absolute atomic E-state index is 13.3. The summed E-state index contributed by atoms with van der Waals surface area (Å²) in [5.41, 5.74) is 0.908. The summed E-state index contributed by atoms with van der Waals surface area (Å²) in [5, 5.41) is 22.6. The van der Waals surface area contributed by atoms with Gasteiger partial charge in [-0.15, -0.1) is 0 Å². The number of hydrogen-bond donors (Lipinski definition) is 3. The molecule has 0 unspecified atom stereocenters. The molecule has 0 aromatic carbocycles. The molecule has 1 aromatic rings. The van der Waals surface area contributed by atoms with Gasteiger partial charge in [-0.05, 0) is 43.2 Å². The van der Waals surface area contributed by atoms with Crippen molar-refractivity contribution in [3.05, 3.63) is 24.0 Å². The minimum absolute atomic E-state index is 0.103. The van der Waals surface area contributed by atoms with Crippen molar-refractivity contribution in [1.82, 2.24) is 30.8 Å². The number of aromatic nitrogens is 2. The third kappa shape index (κ3) is 7.21. The molecule has 3 rings (SSSR count). The van der Waals surface area contributed by atoms with Gasteiger partial charge in [0.1, 0.15) is 6.04 Å². The summed E-state index contributed by atoms with van der Waals surface area (Å²) >= 11 is 0. The van der Waals surface area contributed by atoms with Crippen LogP contribution in [0.15, 0.2) is 18.5 Å². The number of hydroxylamine groups is 2. The number of urea groups is 1. The molecule has 1 aliphatic heterocycles. The topological polar surface area (TPSA) is 145 Å². The van der Waals surface area contributed by atoms with Gasteiger partial charge in [-0.2, -0.15) is 10.2 Å². The minimum Gasteiger partial charge on any atom is -0.337 e. The summed E-state index contributed by atoms with van der Waals surface area (Å²) in [7, 11) is 0. The van der Waals surface area contributed by atoms with E-state index in [1.807, 2.05) is 0 Å². The Kier molecular flexibility index (Phi) is 9.11. The molecule has 33 heavy (non-hydrogen) atoms. The van der Waals surface area contributed by atoms with Gasteiger partial charge in [0.25, 0.3) is 5.91 Å². The van der Waals surface area contributed by atoms with Crippen LogP contribution < -0.4 is 10.6 Å². The molecular weight excluding hydrogens is 428 g/mol. The average Bonchev–Trinajstić information content (AvgIpc) is 3.51. The summed E-state index contributed by atoms with van der Waals surface area (Å²) in [6.07, 6.45) is 9.95. The third-order valence-electron chi connectivity index (χ3n) is 6.39. The van der Waals surface area contributed by atoms with E-state index >= 15 is 0 Å². The third-order valence-corrected chi connectivity index (χ3v) is 6.39. The molecule has 1 aliphatic carbocycles. The molecule has 1 aromatic heterocycles. The quantitative estimate of drug-likeness (QED) is 0.267. The van der Waals surface area contributed by atoms with Gasteiger partial charge < -0.3 is 10.2 Å². The van der Waals surface area contributed by atoms with Crippen molar-refractivity contribution in [3.63, 3.8) is 0 Å². The Balaban J connectivity index is 1.54. The lowest BCUT2D eigenvalue weighted by Crippen LogP contribution is -2.52. The van der Waals surface area contributed by atoms with E-state index < -0.39 is 23.9 Å². The molecule has 2 heterocycles. The molecule has 0 radical (unpaired) electrons. The van der Waals surface area contributed by atoms with Gasteiger partial charge in [-0.1, -0.05) is 25.7 Å². The number of likely N-dealkylation sites (tertiary alicyclic amines) is 1. The standard InChI is InChI=1S/C22H32N6O5/c29-15-27(33)14-18(12-16-4-1-2-5-16)21(31)28-11-3-6-19(28)20(30)26-22(32)23-9-7-17-8-10-24-25-13-17/h8,10,13,15-16,18-19,33H,1-7,9,11-12,14H2,(H2,23,26,30,32)/t18-,19+/m1/s1. The molecule has 11 nitrogen and oxygen atoms in total. The zero-order valence-corrected chi connectivity index (χ0v) is 18.7. The molecule has 2 atom stereocenters. The minimum atomic E-state index is -0.748. The van der Waals surface area contributed by atoms with Gasteiger partial charge >= 0.3 is 6.03 Å². The second-order valence-electron chi connectivity index (χ2n) is 8.75. The fourth-order valence-corrected chi connectivity index (χ4v) is 4.73. The van der Waals surface area contributed by atoms with Crippen LogP contribution in [0.5, 0.6) is 0 Å². The van der Waals surface area contributed by atoms with E-state index in [0.29, 0.717) is 49.8 Å². The number of carbonyl (C=O) groups excluding carboxylic acids is 4. The van der Waals surface area contributed by atoms with Crippen LogP contribution in [-0.4, -0.2) is 75.3 Å². The monoisotopic (exact) mass is 460 g/mol. The van der Waals surface area contributed by atoms with Crippen LogP contribution in [0.3, 0.4) is 0 Å². The lowest BCUT2D eigenvalue weighted by molar-refractivity contribution is -0.158. The maximum Gasteiger partial charge on any atom is 0.321 e. The van der Waals surface area contributed by atoms with Crippen molar-refractivity contribution >= 4 is 24.3 Å². The molecular formula is C22H32N6O5. The van der Waals surface area contributed by atoms with Crippen LogP contribution in [-0.2, 0) is 20.8 Å². The lowest BCUT2D eigenvalue weighted by Gasteiger charge is -2.30. The Morgan fingerprint density at radius 3 is 2.70 bits per heavy atom. The molecule has 1 saturated heterocycles. The number of rotatable bonds is 10. The first-order valence-corrected chi connectivity index (χ1v) is 11.5. The Morgan fingerprint density at radius 2 is 2.00 bits per heavy atom. The first-order valence-electron chi connectivity index (χ1n) is 11.5. The predicted octanol–water partition coefficient (Wildman–Crippen LogP) is 0.880. The highest BCUT2D eigenvalue weighted by molar-refractivity contribution is 5.99. The Morgan fingerprint density at radius 1 is 1.21 bits per heavy atom. The first kappa shape index (κ1) is 24.6. The van der Waals surface area contributed by atoms with E-state index in [9.17, 15) is 24.4 Å². The molecule has 2 fully saturated rings. The van der Waals surface area contributed by atoms with Crippen molar-refractivity contribution in [2.24, 2.45) is 11.8 Å². The summed E-state index contributed by atoms with van der Waals surface area (Å²) in [5.74, 6) is -0.999. The lowest BCUT2D eigenvalue weighted by atomic mass is 9.91.